The predicted molar refractivity (Wildman–Crippen MR) is 235 cm³/mol. The second-order valence-corrected chi connectivity index (χ2v) is 14.5. The van der Waals surface area contributed by atoms with Crippen molar-refractivity contribution in [3.63, 3.8) is 0 Å². The Morgan fingerprint density at radius 1 is 0.404 bits per heavy atom. The summed E-state index contributed by atoms with van der Waals surface area (Å²) in [5.74, 6) is 1.94. The van der Waals surface area contributed by atoms with Crippen LogP contribution in [0.25, 0.3) is 100 Å². The molecule has 0 aliphatic rings. The second kappa shape index (κ2) is 13.3. The quantitative estimate of drug-likeness (QED) is 0.171. The lowest BCUT2D eigenvalue weighted by Crippen LogP contribution is -2.00. The van der Waals surface area contributed by atoms with E-state index in [2.05, 4.69) is 150 Å². The lowest BCUT2D eigenvalue weighted by Gasteiger charge is -2.12. The van der Waals surface area contributed by atoms with Crippen molar-refractivity contribution < 1.29 is 0 Å². The van der Waals surface area contributed by atoms with E-state index in [-0.39, 0.29) is 0 Å². The van der Waals surface area contributed by atoms with E-state index < -0.39 is 0 Å². The van der Waals surface area contributed by atoms with Crippen LogP contribution in [0.15, 0.2) is 194 Å². The molecule has 8 aromatic carbocycles. The van der Waals surface area contributed by atoms with Crippen molar-refractivity contribution in [2.45, 2.75) is 6.92 Å². The van der Waals surface area contributed by atoms with Gasteiger partial charge >= 0.3 is 0 Å². The maximum Gasteiger partial charge on any atom is 0.164 e. The Balaban J connectivity index is 1.01. The number of nitrogens with zero attached hydrogens (tertiary/aromatic N) is 5. The Hall–Kier alpha value is -7.63. The van der Waals surface area contributed by atoms with Crippen LogP contribution in [0.5, 0.6) is 0 Å². The van der Waals surface area contributed by atoms with E-state index >= 15 is 0 Å². The van der Waals surface area contributed by atoms with Gasteiger partial charge in [0.2, 0.25) is 0 Å². The Labute approximate surface area is 329 Å². The molecular formula is C52H35N5. The van der Waals surface area contributed by atoms with Gasteiger partial charge in [-0.2, -0.15) is 0 Å². The molecule has 57 heavy (non-hydrogen) atoms. The Morgan fingerprint density at radius 3 is 1.75 bits per heavy atom. The van der Waals surface area contributed by atoms with E-state index in [1.165, 1.54) is 54.7 Å². The zero-order valence-electron chi connectivity index (χ0n) is 31.2. The molecule has 0 spiro atoms. The minimum atomic E-state index is 0.641. The van der Waals surface area contributed by atoms with Gasteiger partial charge in [-0.25, -0.2) is 15.0 Å². The Morgan fingerprint density at radius 2 is 1.02 bits per heavy atom. The summed E-state index contributed by atoms with van der Waals surface area (Å²) in [5.41, 5.74) is 12.2. The van der Waals surface area contributed by atoms with Crippen molar-refractivity contribution in [2.75, 3.05) is 0 Å². The fraction of sp³-hybridized carbons (Fsp3) is 0.0192. The first-order valence-corrected chi connectivity index (χ1v) is 19.3. The SMILES string of the molecule is Cc1ccccc1-n1ccc2ccc3c(ccc4c3c3ccccc3n4-c3ccc(-c4cccc(-c5nc(-c6ccccc6)nc(-c6ccccc6)n5)c4)cc3)c21. The number of benzene rings is 8. The minimum Gasteiger partial charge on any atom is -0.316 e. The van der Waals surface area contributed by atoms with Crippen LogP contribution in [-0.4, -0.2) is 24.1 Å². The number of fused-ring (bicyclic) bond motifs is 7. The molecular weight excluding hydrogens is 695 g/mol. The first-order valence-electron chi connectivity index (χ1n) is 19.3. The zero-order chi connectivity index (χ0) is 37.9. The van der Waals surface area contributed by atoms with E-state index in [0.717, 1.165) is 33.5 Å². The minimum absolute atomic E-state index is 0.641. The maximum atomic E-state index is 4.97. The number of hydrogen-bond acceptors (Lipinski definition) is 3. The Kier molecular flexibility index (Phi) is 7.64. The van der Waals surface area contributed by atoms with Crippen molar-refractivity contribution in [3.8, 4) is 56.7 Å². The van der Waals surface area contributed by atoms with E-state index in [0.29, 0.717) is 17.5 Å². The van der Waals surface area contributed by atoms with Gasteiger partial charge in [0.15, 0.2) is 17.5 Å². The third-order valence-corrected chi connectivity index (χ3v) is 11.1. The molecule has 3 aromatic heterocycles. The molecule has 0 saturated carbocycles. The van der Waals surface area contributed by atoms with Crippen molar-refractivity contribution in [1.82, 2.24) is 24.1 Å². The van der Waals surface area contributed by atoms with Gasteiger partial charge in [-0.1, -0.05) is 146 Å². The first-order chi connectivity index (χ1) is 28.2. The van der Waals surface area contributed by atoms with Crippen LogP contribution in [0.3, 0.4) is 0 Å². The largest absolute Gasteiger partial charge is 0.316 e. The molecule has 0 bridgehead atoms. The average Bonchev–Trinajstić information content (AvgIpc) is 3.87. The summed E-state index contributed by atoms with van der Waals surface area (Å²) in [4.78, 5) is 14.8. The van der Waals surface area contributed by atoms with E-state index in [9.17, 15) is 0 Å². The van der Waals surface area contributed by atoms with Crippen LogP contribution in [0.4, 0.5) is 0 Å². The summed E-state index contributed by atoms with van der Waals surface area (Å²) in [6, 6.07) is 66.3. The van der Waals surface area contributed by atoms with Crippen molar-refractivity contribution >= 4 is 43.5 Å². The van der Waals surface area contributed by atoms with Crippen LogP contribution in [0.1, 0.15) is 5.56 Å². The molecule has 0 fully saturated rings. The summed E-state index contributed by atoms with van der Waals surface area (Å²) >= 11 is 0. The molecule has 5 heteroatoms. The molecule has 0 radical (unpaired) electrons. The van der Waals surface area contributed by atoms with Crippen LogP contribution < -0.4 is 0 Å². The molecule has 0 N–H and O–H groups in total. The summed E-state index contributed by atoms with van der Waals surface area (Å²) in [5, 5.41) is 6.24. The smallest absolute Gasteiger partial charge is 0.164 e. The highest BCUT2D eigenvalue weighted by molar-refractivity contribution is 6.25. The Bertz CT molecular complexity index is 3230. The van der Waals surface area contributed by atoms with Crippen molar-refractivity contribution in [3.05, 3.63) is 200 Å². The standard InChI is InChI=1S/C52H35N5/c1-34-13-8-10-21-45(34)56-32-31-36-25-28-42-43(49(36)56)29-30-47-48(42)44-20-9-11-22-46(44)57(47)41-26-23-35(24-27-41)39-18-12-19-40(33-39)52-54-50(37-14-4-2-5-15-37)53-51(55-52)38-16-6-3-7-17-38/h2-33H,1H3. The molecule has 0 saturated heterocycles. The predicted octanol–water partition coefficient (Wildman–Crippen LogP) is 13.0. The third kappa shape index (κ3) is 5.51. The van der Waals surface area contributed by atoms with E-state index in [1.807, 2.05) is 60.7 Å². The van der Waals surface area contributed by atoms with Crippen LogP contribution >= 0.6 is 0 Å². The zero-order valence-corrected chi connectivity index (χ0v) is 31.2. The summed E-state index contributed by atoms with van der Waals surface area (Å²) in [6.45, 7) is 2.18. The molecule has 11 aromatic rings. The van der Waals surface area contributed by atoms with Gasteiger partial charge in [0.1, 0.15) is 0 Å². The van der Waals surface area contributed by atoms with Gasteiger partial charge in [0.05, 0.1) is 16.6 Å². The average molecular weight is 730 g/mol. The molecule has 0 unspecified atom stereocenters. The summed E-state index contributed by atoms with van der Waals surface area (Å²) in [7, 11) is 0. The fourth-order valence-corrected chi connectivity index (χ4v) is 8.40. The normalized spacial score (nSPS) is 11.6. The lowest BCUT2D eigenvalue weighted by atomic mass is 10.0. The molecule has 11 rings (SSSR count). The van der Waals surface area contributed by atoms with Crippen LogP contribution in [-0.2, 0) is 0 Å². The van der Waals surface area contributed by atoms with Gasteiger partial charge in [-0.3, -0.25) is 0 Å². The topological polar surface area (TPSA) is 48.5 Å². The lowest BCUT2D eigenvalue weighted by molar-refractivity contribution is 1.07. The third-order valence-electron chi connectivity index (χ3n) is 11.1. The van der Waals surface area contributed by atoms with Gasteiger partial charge in [-0.05, 0) is 71.5 Å². The first kappa shape index (κ1) is 32.8. The molecule has 3 heterocycles. The molecule has 0 atom stereocenters. The molecule has 0 amide bonds. The van der Waals surface area contributed by atoms with Gasteiger partial charge in [0, 0.05) is 55.8 Å². The molecule has 0 aliphatic heterocycles. The highest BCUT2D eigenvalue weighted by Gasteiger charge is 2.18. The van der Waals surface area contributed by atoms with E-state index in [1.54, 1.807) is 0 Å². The summed E-state index contributed by atoms with van der Waals surface area (Å²) < 4.78 is 4.74. The van der Waals surface area contributed by atoms with Crippen LogP contribution in [0, 0.1) is 6.92 Å². The molecule has 5 nitrogen and oxygen atoms in total. The highest BCUT2D eigenvalue weighted by Crippen LogP contribution is 2.40. The number of para-hydroxylation sites is 2. The van der Waals surface area contributed by atoms with Crippen molar-refractivity contribution in [1.29, 1.82) is 0 Å². The number of hydrogen-bond donors (Lipinski definition) is 0. The fourth-order valence-electron chi connectivity index (χ4n) is 8.40. The van der Waals surface area contributed by atoms with Gasteiger partial charge < -0.3 is 9.13 Å². The number of aryl methyl sites for hydroxylation is 1. The molecule has 268 valence electrons. The highest BCUT2D eigenvalue weighted by atomic mass is 15.0. The van der Waals surface area contributed by atoms with Crippen molar-refractivity contribution in [2.24, 2.45) is 0 Å². The maximum absolute atomic E-state index is 4.97. The monoisotopic (exact) mass is 729 g/mol. The van der Waals surface area contributed by atoms with Crippen LogP contribution in [0.2, 0.25) is 0 Å². The summed E-state index contributed by atoms with van der Waals surface area (Å²) in [6.07, 6.45) is 2.20. The van der Waals surface area contributed by atoms with Gasteiger partial charge in [0.25, 0.3) is 0 Å². The van der Waals surface area contributed by atoms with Gasteiger partial charge in [-0.15, -0.1) is 0 Å². The second-order valence-electron chi connectivity index (χ2n) is 14.5. The van der Waals surface area contributed by atoms with E-state index in [4.69, 9.17) is 15.0 Å². The number of rotatable bonds is 6. The molecule has 0 aliphatic carbocycles. The number of aromatic nitrogens is 5.